The number of amides is 1. The first-order valence-corrected chi connectivity index (χ1v) is 4.11. The first kappa shape index (κ1) is 10.7. The molecule has 0 aromatic carbocycles. The zero-order valence-electron chi connectivity index (χ0n) is 7.73. The van der Waals surface area contributed by atoms with Crippen LogP contribution in [-0.4, -0.2) is 40.4 Å². The molecule has 1 heterocycles. The molecule has 0 saturated carbocycles. The molecule has 6 nitrogen and oxygen atoms in total. The van der Waals surface area contributed by atoms with Crippen molar-refractivity contribution in [1.29, 1.82) is 0 Å². The van der Waals surface area contributed by atoms with Crippen LogP contribution in [0.15, 0.2) is 10.8 Å². The quantitative estimate of drug-likeness (QED) is 0.583. The zero-order valence-corrected chi connectivity index (χ0v) is 7.73. The average Bonchev–Trinajstić information content (AvgIpc) is 2.60. The highest BCUT2D eigenvalue weighted by molar-refractivity contribution is 5.92. The third kappa shape index (κ3) is 2.30. The van der Waals surface area contributed by atoms with Crippen LogP contribution in [0.4, 0.5) is 0 Å². The van der Waals surface area contributed by atoms with E-state index in [1.807, 2.05) is 0 Å². The summed E-state index contributed by atoms with van der Waals surface area (Å²) < 4.78 is 4.83. The molecular weight excluding hydrogens is 188 g/mol. The first-order valence-electron chi connectivity index (χ1n) is 4.11. The summed E-state index contributed by atoms with van der Waals surface area (Å²) in [4.78, 5) is 15.1. The van der Waals surface area contributed by atoms with E-state index >= 15 is 0 Å². The van der Waals surface area contributed by atoms with Gasteiger partial charge in [0.1, 0.15) is 0 Å². The molecule has 6 heteroatoms. The Labute approximate surface area is 80.6 Å². The Morgan fingerprint density at radius 3 is 2.71 bits per heavy atom. The highest BCUT2D eigenvalue weighted by Gasteiger charge is 2.17. The van der Waals surface area contributed by atoms with Gasteiger partial charge in [-0.15, -0.1) is 0 Å². The van der Waals surface area contributed by atoms with Gasteiger partial charge in [0.25, 0.3) is 5.91 Å². The largest absolute Gasteiger partial charge is 0.438 e. The number of carbonyl (C=O) groups is 1. The molecule has 0 aliphatic carbocycles. The third-order valence-corrected chi connectivity index (χ3v) is 1.73. The molecule has 1 aromatic rings. The molecule has 1 aromatic heterocycles. The molecule has 0 atom stereocenters. The second kappa shape index (κ2) is 4.73. The Balaban J connectivity index is 2.63. The standard InChI is InChI=1S/C8H12N2O4/c1-5-7(14-4-9-5)8(13)10-6(2-11)3-12/h4,6,11-12H,2-3H2,1H3,(H,10,13). The number of nitrogens with one attached hydrogen (secondary N) is 1. The molecule has 1 rings (SSSR count). The van der Waals surface area contributed by atoms with Gasteiger partial charge in [-0.2, -0.15) is 0 Å². The number of aliphatic hydroxyl groups is 2. The van der Waals surface area contributed by atoms with Gasteiger partial charge in [0.2, 0.25) is 5.76 Å². The third-order valence-electron chi connectivity index (χ3n) is 1.73. The number of aryl methyl sites for hydroxylation is 1. The number of rotatable bonds is 4. The van der Waals surface area contributed by atoms with Gasteiger partial charge in [-0.25, -0.2) is 4.98 Å². The molecule has 0 bridgehead atoms. The van der Waals surface area contributed by atoms with Crippen molar-refractivity contribution >= 4 is 5.91 Å². The second-order valence-corrected chi connectivity index (χ2v) is 2.80. The number of nitrogens with zero attached hydrogens (tertiary/aromatic N) is 1. The van der Waals surface area contributed by atoms with Crippen LogP contribution < -0.4 is 5.32 Å². The van der Waals surface area contributed by atoms with Crippen LogP contribution in [0.5, 0.6) is 0 Å². The summed E-state index contributed by atoms with van der Waals surface area (Å²) in [6, 6.07) is -0.674. The Morgan fingerprint density at radius 2 is 2.29 bits per heavy atom. The summed E-state index contributed by atoms with van der Waals surface area (Å²) in [5.74, 6) is -0.398. The van der Waals surface area contributed by atoms with Crippen LogP contribution in [-0.2, 0) is 0 Å². The van der Waals surface area contributed by atoms with Crippen molar-refractivity contribution < 1.29 is 19.4 Å². The van der Waals surface area contributed by atoms with E-state index in [0.29, 0.717) is 5.69 Å². The molecule has 0 unspecified atom stereocenters. The number of carbonyl (C=O) groups excluding carboxylic acids is 1. The van der Waals surface area contributed by atoms with Gasteiger partial charge in [-0.3, -0.25) is 4.79 Å². The number of aromatic nitrogens is 1. The number of oxazole rings is 1. The fourth-order valence-corrected chi connectivity index (χ4v) is 0.920. The lowest BCUT2D eigenvalue weighted by Crippen LogP contribution is -2.40. The fraction of sp³-hybridized carbons (Fsp3) is 0.500. The van der Waals surface area contributed by atoms with Gasteiger partial charge in [0, 0.05) is 0 Å². The van der Waals surface area contributed by atoms with E-state index in [2.05, 4.69) is 10.3 Å². The lowest BCUT2D eigenvalue weighted by Gasteiger charge is -2.11. The molecule has 1 amide bonds. The Kier molecular flexibility index (Phi) is 3.61. The molecular formula is C8H12N2O4. The van der Waals surface area contributed by atoms with E-state index in [0.717, 1.165) is 6.39 Å². The van der Waals surface area contributed by atoms with E-state index in [1.165, 1.54) is 0 Å². The minimum absolute atomic E-state index is 0.0944. The van der Waals surface area contributed by atoms with Gasteiger partial charge in [0.15, 0.2) is 6.39 Å². The van der Waals surface area contributed by atoms with Gasteiger partial charge in [0.05, 0.1) is 24.9 Å². The Morgan fingerprint density at radius 1 is 1.64 bits per heavy atom. The van der Waals surface area contributed by atoms with Crippen LogP contribution in [0.1, 0.15) is 16.2 Å². The van der Waals surface area contributed by atoms with Crippen molar-refractivity contribution in [1.82, 2.24) is 10.3 Å². The predicted octanol–water partition coefficient (Wildman–Crippen LogP) is -0.934. The van der Waals surface area contributed by atoms with Crippen molar-refractivity contribution in [3.8, 4) is 0 Å². The van der Waals surface area contributed by atoms with Crippen LogP contribution in [0, 0.1) is 6.92 Å². The monoisotopic (exact) mass is 200 g/mol. The van der Waals surface area contributed by atoms with Gasteiger partial charge >= 0.3 is 0 Å². The highest BCUT2D eigenvalue weighted by atomic mass is 16.3. The normalized spacial score (nSPS) is 10.6. The summed E-state index contributed by atoms with van der Waals surface area (Å²) in [7, 11) is 0. The minimum atomic E-state index is -0.674. The summed E-state index contributed by atoms with van der Waals surface area (Å²) >= 11 is 0. The van der Waals surface area contributed by atoms with Crippen molar-refractivity contribution in [2.45, 2.75) is 13.0 Å². The SMILES string of the molecule is Cc1ncoc1C(=O)NC(CO)CO. The summed E-state index contributed by atoms with van der Waals surface area (Å²) in [6.45, 7) is 0.982. The Bertz CT molecular complexity index is 306. The van der Waals surface area contributed by atoms with Crippen LogP contribution in [0.25, 0.3) is 0 Å². The molecule has 0 aliphatic rings. The molecule has 0 radical (unpaired) electrons. The predicted molar refractivity (Wildman–Crippen MR) is 46.7 cm³/mol. The van der Waals surface area contributed by atoms with Crippen LogP contribution in [0.3, 0.4) is 0 Å². The molecule has 3 N–H and O–H groups in total. The summed E-state index contributed by atoms with van der Waals surface area (Å²) in [5, 5.41) is 19.8. The van der Waals surface area contributed by atoms with Crippen molar-refractivity contribution in [2.24, 2.45) is 0 Å². The lowest BCUT2D eigenvalue weighted by atomic mass is 10.3. The molecule has 0 aliphatic heterocycles. The molecule has 0 saturated heterocycles. The van der Waals surface area contributed by atoms with Crippen LogP contribution >= 0.6 is 0 Å². The lowest BCUT2D eigenvalue weighted by molar-refractivity contribution is 0.0851. The minimum Gasteiger partial charge on any atom is -0.438 e. The maximum atomic E-state index is 11.4. The van der Waals surface area contributed by atoms with E-state index in [4.69, 9.17) is 14.6 Å². The highest BCUT2D eigenvalue weighted by Crippen LogP contribution is 2.04. The van der Waals surface area contributed by atoms with Crippen molar-refractivity contribution in [2.75, 3.05) is 13.2 Å². The molecule has 14 heavy (non-hydrogen) atoms. The number of hydrogen-bond donors (Lipinski definition) is 3. The Hall–Kier alpha value is -1.40. The number of aliphatic hydroxyl groups excluding tert-OH is 2. The van der Waals surface area contributed by atoms with Crippen LogP contribution in [0.2, 0.25) is 0 Å². The van der Waals surface area contributed by atoms with Gasteiger partial charge in [-0.1, -0.05) is 0 Å². The van der Waals surface area contributed by atoms with E-state index in [-0.39, 0.29) is 19.0 Å². The fourth-order valence-electron chi connectivity index (χ4n) is 0.920. The topological polar surface area (TPSA) is 95.6 Å². The molecule has 0 spiro atoms. The maximum Gasteiger partial charge on any atom is 0.289 e. The maximum absolute atomic E-state index is 11.4. The van der Waals surface area contributed by atoms with Crippen molar-refractivity contribution in [3.63, 3.8) is 0 Å². The van der Waals surface area contributed by atoms with Gasteiger partial charge < -0.3 is 19.9 Å². The second-order valence-electron chi connectivity index (χ2n) is 2.80. The van der Waals surface area contributed by atoms with E-state index < -0.39 is 11.9 Å². The van der Waals surface area contributed by atoms with E-state index in [1.54, 1.807) is 6.92 Å². The molecule has 78 valence electrons. The van der Waals surface area contributed by atoms with Gasteiger partial charge in [-0.05, 0) is 6.92 Å². The molecule has 0 fully saturated rings. The zero-order chi connectivity index (χ0) is 10.6. The smallest absolute Gasteiger partial charge is 0.289 e. The summed E-state index contributed by atoms with van der Waals surface area (Å²) in [5.41, 5.74) is 0.470. The number of hydrogen-bond acceptors (Lipinski definition) is 5. The van der Waals surface area contributed by atoms with E-state index in [9.17, 15) is 4.79 Å². The average molecular weight is 200 g/mol. The first-order chi connectivity index (χ1) is 6.69. The summed E-state index contributed by atoms with van der Waals surface area (Å²) in [6.07, 6.45) is 1.16. The van der Waals surface area contributed by atoms with Crippen molar-refractivity contribution in [3.05, 3.63) is 17.8 Å².